The van der Waals surface area contributed by atoms with Crippen molar-refractivity contribution in [3.05, 3.63) is 39.4 Å². The molecular weight excluding hydrogens is 352 g/mol. The zero-order chi connectivity index (χ0) is 19.7. The lowest BCUT2D eigenvalue weighted by Crippen LogP contribution is -2.51. The monoisotopic (exact) mass is 372 g/mol. The highest BCUT2D eigenvalue weighted by molar-refractivity contribution is 6.31. The molecule has 2 heterocycles. The van der Waals surface area contributed by atoms with E-state index >= 15 is 0 Å². The average Bonchev–Trinajstić information content (AvgIpc) is 2.60. The Balaban J connectivity index is 2.09. The first-order valence-electron chi connectivity index (χ1n) is 8.71. The van der Waals surface area contributed by atoms with Gasteiger partial charge in [0.05, 0.1) is 4.92 Å². The summed E-state index contributed by atoms with van der Waals surface area (Å²) in [4.78, 5) is 48.1. The molecule has 0 aromatic heterocycles. The van der Waals surface area contributed by atoms with Crippen LogP contribution in [0.3, 0.4) is 0 Å². The Kier molecular flexibility index (Phi) is 4.93. The second-order valence-electron chi connectivity index (χ2n) is 6.85. The number of amides is 4. The maximum absolute atomic E-state index is 12.0. The SMILES string of the molecule is C[C@@H]1CCCN(c2ccc([N+](=O)[O-])cc2C=C2C(=O)NC(=O)NC2=O)[C@H]1C. The second kappa shape index (κ2) is 7.18. The molecule has 4 amide bonds. The van der Waals surface area contributed by atoms with Crippen LogP contribution in [0.2, 0.25) is 0 Å². The number of piperidine rings is 1. The minimum absolute atomic E-state index is 0.143. The van der Waals surface area contributed by atoms with Crippen LogP contribution in [0, 0.1) is 16.0 Å². The number of imide groups is 2. The number of nitro groups is 1. The van der Waals surface area contributed by atoms with Crippen LogP contribution in [0.25, 0.3) is 6.08 Å². The zero-order valence-corrected chi connectivity index (χ0v) is 15.0. The molecule has 1 aromatic rings. The smallest absolute Gasteiger partial charge is 0.328 e. The summed E-state index contributed by atoms with van der Waals surface area (Å²) in [5.41, 5.74) is 0.689. The van der Waals surface area contributed by atoms with Gasteiger partial charge in [0.25, 0.3) is 17.5 Å². The first-order chi connectivity index (χ1) is 12.8. The summed E-state index contributed by atoms with van der Waals surface area (Å²) >= 11 is 0. The molecule has 2 atom stereocenters. The van der Waals surface area contributed by atoms with E-state index in [1.165, 1.54) is 18.2 Å². The van der Waals surface area contributed by atoms with Crippen molar-refractivity contribution in [1.29, 1.82) is 0 Å². The van der Waals surface area contributed by atoms with Gasteiger partial charge in [0.1, 0.15) is 5.57 Å². The summed E-state index contributed by atoms with van der Waals surface area (Å²) in [7, 11) is 0. The van der Waals surface area contributed by atoms with Gasteiger partial charge in [0, 0.05) is 36.0 Å². The van der Waals surface area contributed by atoms with Crippen molar-refractivity contribution in [2.24, 2.45) is 5.92 Å². The Morgan fingerprint density at radius 1 is 1.19 bits per heavy atom. The number of nitro benzene ring substituents is 1. The van der Waals surface area contributed by atoms with Crippen LogP contribution in [0.15, 0.2) is 23.8 Å². The Labute approximate surface area is 155 Å². The van der Waals surface area contributed by atoms with Crippen LogP contribution in [0.1, 0.15) is 32.3 Å². The molecule has 9 heteroatoms. The van der Waals surface area contributed by atoms with Gasteiger partial charge in [0.15, 0.2) is 0 Å². The first kappa shape index (κ1) is 18.6. The fourth-order valence-corrected chi connectivity index (χ4v) is 3.47. The maximum Gasteiger partial charge on any atom is 0.328 e. The summed E-state index contributed by atoms with van der Waals surface area (Å²) in [6, 6.07) is 3.70. The van der Waals surface area contributed by atoms with Gasteiger partial charge in [-0.25, -0.2) is 4.79 Å². The molecule has 27 heavy (non-hydrogen) atoms. The molecule has 2 fully saturated rings. The van der Waals surface area contributed by atoms with Crippen molar-refractivity contribution < 1.29 is 19.3 Å². The molecular formula is C18H20N4O5. The fraction of sp³-hybridized carbons (Fsp3) is 0.389. The third-order valence-electron chi connectivity index (χ3n) is 5.15. The lowest BCUT2D eigenvalue weighted by molar-refractivity contribution is -0.384. The van der Waals surface area contributed by atoms with Crippen LogP contribution in [-0.4, -0.2) is 35.4 Å². The molecule has 1 aromatic carbocycles. The van der Waals surface area contributed by atoms with Gasteiger partial charge in [-0.15, -0.1) is 0 Å². The van der Waals surface area contributed by atoms with E-state index in [0.717, 1.165) is 19.4 Å². The van der Waals surface area contributed by atoms with Crippen LogP contribution >= 0.6 is 0 Å². The van der Waals surface area contributed by atoms with Gasteiger partial charge in [-0.2, -0.15) is 0 Å². The number of barbiturate groups is 1. The van der Waals surface area contributed by atoms with E-state index in [4.69, 9.17) is 0 Å². The lowest BCUT2D eigenvalue weighted by atomic mass is 9.90. The number of rotatable bonds is 3. The fourth-order valence-electron chi connectivity index (χ4n) is 3.47. The van der Waals surface area contributed by atoms with Gasteiger partial charge < -0.3 is 4.90 Å². The Bertz CT molecular complexity index is 841. The number of nitrogens with one attached hydrogen (secondary N) is 2. The topological polar surface area (TPSA) is 122 Å². The van der Waals surface area contributed by atoms with Crippen LogP contribution in [-0.2, 0) is 9.59 Å². The molecule has 0 radical (unpaired) electrons. The molecule has 0 bridgehead atoms. The van der Waals surface area contributed by atoms with E-state index in [-0.39, 0.29) is 17.3 Å². The molecule has 142 valence electrons. The van der Waals surface area contributed by atoms with Crippen molar-refractivity contribution >= 4 is 35.3 Å². The van der Waals surface area contributed by atoms with Gasteiger partial charge in [0.2, 0.25) is 0 Å². The predicted molar refractivity (Wildman–Crippen MR) is 98.0 cm³/mol. The Morgan fingerprint density at radius 2 is 1.85 bits per heavy atom. The zero-order valence-electron chi connectivity index (χ0n) is 15.0. The second-order valence-corrected chi connectivity index (χ2v) is 6.85. The minimum atomic E-state index is -0.889. The van der Waals surface area contributed by atoms with E-state index in [1.54, 1.807) is 6.07 Å². The van der Waals surface area contributed by atoms with Gasteiger partial charge in [-0.05, 0) is 37.8 Å². The molecule has 2 aliphatic heterocycles. The Morgan fingerprint density at radius 3 is 2.48 bits per heavy atom. The standard InChI is InChI=1S/C18H20N4O5/c1-10-4-3-7-21(11(10)2)15-6-5-13(22(26)27)8-12(15)9-14-16(23)19-18(25)20-17(14)24/h5-6,8-11H,3-4,7H2,1-2H3,(H2,19,20,23,24,25)/t10-,11+/m1/s1. The van der Waals surface area contributed by atoms with E-state index in [0.29, 0.717) is 17.2 Å². The summed E-state index contributed by atoms with van der Waals surface area (Å²) in [5, 5.41) is 15.2. The van der Waals surface area contributed by atoms with E-state index in [2.05, 4.69) is 18.7 Å². The number of urea groups is 1. The van der Waals surface area contributed by atoms with Crippen molar-refractivity contribution in [2.45, 2.75) is 32.7 Å². The number of anilines is 1. The molecule has 3 rings (SSSR count). The number of non-ortho nitro benzene ring substituents is 1. The third kappa shape index (κ3) is 3.67. The van der Waals surface area contributed by atoms with E-state index in [1.807, 2.05) is 10.6 Å². The van der Waals surface area contributed by atoms with Crippen LogP contribution in [0.4, 0.5) is 16.2 Å². The molecule has 2 N–H and O–H groups in total. The Hall–Kier alpha value is -3.23. The highest BCUT2D eigenvalue weighted by Gasteiger charge is 2.30. The molecule has 9 nitrogen and oxygen atoms in total. The van der Waals surface area contributed by atoms with Crippen molar-refractivity contribution in [3.8, 4) is 0 Å². The number of carbonyl (C=O) groups is 3. The number of hydrogen-bond acceptors (Lipinski definition) is 6. The lowest BCUT2D eigenvalue weighted by Gasteiger charge is -2.40. The van der Waals surface area contributed by atoms with Crippen molar-refractivity contribution in [1.82, 2.24) is 10.6 Å². The quantitative estimate of drug-likeness (QED) is 0.362. The molecule has 0 unspecified atom stereocenters. The number of hydrogen-bond donors (Lipinski definition) is 2. The number of carbonyl (C=O) groups excluding carboxylic acids is 3. The van der Waals surface area contributed by atoms with Crippen molar-refractivity contribution in [3.63, 3.8) is 0 Å². The highest BCUT2D eigenvalue weighted by Crippen LogP contribution is 2.34. The number of nitrogens with zero attached hydrogens (tertiary/aromatic N) is 2. The van der Waals surface area contributed by atoms with Crippen molar-refractivity contribution in [2.75, 3.05) is 11.4 Å². The van der Waals surface area contributed by atoms with Crippen LogP contribution in [0.5, 0.6) is 0 Å². The minimum Gasteiger partial charge on any atom is -0.368 e. The first-order valence-corrected chi connectivity index (χ1v) is 8.71. The normalized spacial score (nSPS) is 23.0. The molecule has 0 aliphatic carbocycles. The largest absolute Gasteiger partial charge is 0.368 e. The van der Waals surface area contributed by atoms with E-state index < -0.39 is 22.8 Å². The predicted octanol–water partition coefficient (Wildman–Crippen LogP) is 1.97. The summed E-state index contributed by atoms with van der Waals surface area (Å²) in [6.07, 6.45) is 3.37. The molecule has 0 spiro atoms. The summed E-state index contributed by atoms with van der Waals surface area (Å²) in [6.45, 7) is 5.01. The van der Waals surface area contributed by atoms with Gasteiger partial charge in [-0.1, -0.05) is 6.92 Å². The molecule has 2 saturated heterocycles. The van der Waals surface area contributed by atoms with Crippen LogP contribution < -0.4 is 15.5 Å². The molecule has 2 aliphatic rings. The molecule has 0 saturated carbocycles. The summed E-state index contributed by atoms with van der Waals surface area (Å²) < 4.78 is 0. The van der Waals surface area contributed by atoms with Gasteiger partial charge in [-0.3, -0.25) is 30.3 Å². The highest BCUT2D eigenvalue weighted by atomic mass is 16.6. The van der Waals surface area contributed by atoms with E-state index in [9.17, 15) is 24.5 Å². The maximum atomic E-state index is 12.0. The third-order valence-corrected chi connectivity index (χ3v) is 5.15. The number of benzene rings is 1. The van der Waals surface area contributed by atoms with Gasteiger partial charge >= 0.3 is 6.03 Å². The summed E-state index contributed by atoms with van der Waals surface area (Å²) in [5.74, 6) is -1.23. The average molecular weight is 372 g/mol.